The maximum absolute atomic E-state index is 13.1. The van der Waals surface area contributed by atoms with Crippen molar-refractivity contribution < 1.29 is 24.2 Å². The van der Waals surface area contributed by atoms with E-state index in [4.69, 9.17) is 9.47 Å². The molecule has 1 aliphatic heterocycles. The third-order valence-corrected chi connectivity index (χ3v) is 5.49. The predicted molar refractivity (Wildman–Crippen MR) is 119 cm³/mol. The van der Waals surface area contributed by atoms with Crippen LogP contribution in [-0.2, 0) is 9.59 Å². The van der Waals surface area contributed by atoms with E-state index < -0.39 is 17.7 Å². The molecular formula is C25H29NO5. The number of hydrogen-bond donors (Lipinski definition) is 1. The number of aliphatic hydroxyl groups excluding tert-OH is 1. The number of likely N-dealkylation sites (tertiary alicyclic amines) is 1. The van der Waals surface area contributed by atoms with E-state index in [0.717, 1.165) is 16.7 Å². The summed E-state index contributed by atoms with van der Waals surface area (Å²) in [6.45, 7) is 8.46. The summed E-state index contributed by atoms with van der Waals surface area (Å²) in [5.74, 6) is -0.101. The van der Waals surface area contributed by atoms with Crippen molar-refractivity contribution in [3.63, 3.8) is 0 Å². The van der Waals surface area contributed by atoms with Crippen molar-refractivity contribution in [3.05, 3.63) is 64.2 Å². The lowest BCUT2D eigenvalue weighted by atomic mass is 9.93. The van der Waals surface area contributed by atoms with Crippen molar-refractivity contribution in [1.82, 2.24) is 4.90 Å². The van der Waals surface area contributed by atoms with E-state index >= 15 is 0 Å². The van der Waals surface area contributed by atoms with Crippen LogP contribution in [0.1, 0.15) is 48.6 Å². The predicted octanol–water partition coefficient (Wildman–Crippen LogP) is 4.54. The van der Waals surface area contributed by atoms with Crippen LogP contribution in [0.4, 0.5) is 0 Å². The van der Waals surface area contributed by atoms with Crippen molar-refractivity contribution in [2.75, 3.05) is 20.3 Å². The van der Waals surface area contributed by atoms with Gasteiger partial charge >= 0.3 is 0 Å². The fourth-order valence-electron chi connectivity index (χ4n) is 4.05. The zero-order valence-corrected chi connectivity index (χ0v) is 18.7. The molecule has 1 unspecified atom stereocenters. The van der Waals surface area contributed by atoms with E-state index in [-0.39, 0.29) is 11.3 Å². The van der Waals surface area contributed by atoms with Crippen LogP contribution in [0, 0.1) is 13.8 Å². The number of ether oxygens (including phenoxy) is 2. The highest BCUT2D eigenvalue weighted by molar-refractivity contribution is 6.46. The fraction of sp³-hybridized carbons (Fsp3) is 0.360. The Balaban J connectivity index is 2.22. The molecule has 0 spiro atoms. The van der Waals surface area contributed by atoms with Gasteiger partial charge in [0.05, 0.1) is 25.3 Å². The van der Waals surface area contributed by atoms with Gasteiger partial charge in [-0.15, -0.1) is 0 Å². The number of nitrogens with zero attached hydrogens (tertiary/aromatic N) is 1. The second-order valence-electron chi connectivity index (χ2n) is 7.63. The van der Waals surface area contributed by atoms with Gasteiger partial charge in [-0.3, -0.25) is 9.59 Å². The second-order valence-corrected chi connectivity index (χ2v) is 7.63. The molecule has 0 aliphatic carbocycles. The summed E-state index contributed by atoms with van der Waals surface area (Å²) in [6, 6.07) is 10.2. The molecule has 0 radical (unpaired) electrons. The first-order valence-corrected chi connectivity index (χ1v) is 10.5. The molecule has 1 heterocycles. The van der Waals surface area contributed by atoms with E-state index in [2.05, 4.69) is 0 Å². The van der Waals surface area contributed by atoms with Gasteiger partial charge in [0.25, 0.3) is 11.7 Å². The Hall–Kier alpha value is -3.28. The minimum atomic E-state index is -0.679. The molecule has 1 N–H and O–H groups in total. The number of aryl methyl sites for hydroxylation is 2. The monoisotopic (exact) mass is 423 g/mol. The minimum Gasteiger partial charge on any atom is -0.507 e. The molecular weight excluding hydrogens is 394 g/mol. The molecule has 1 fully saturated rings. The van der Waals surface area contributed by atoms with E-state index in [1.54, 1.807) is 13.2 Å². The summed E-state index contributed by atoms with van der Waals surface area (Å²) in [7, 11) is 1.59. The zero-order valence-electron chi connectivity index (χ0n) is 18.7. The van der Waals surface area contributed by atoms with Crippen LogP contribution in [0.25, 0.3) is 5.76 Å². The Morgan fingerprint density at radius 1 is 1.10 bits per heavy atom. The van der Waals surface area contributed by atoms with Crippen LogP contribution < -0.4 is 9.47 Å². The first-order chi connectivity index (χ1) is 14.8. The normalized spacial score (nSPS) is 17.8. The number of aliphatic hydroxyl groups is 1. The van der Waals surface area contributed by atoms with Gasteiger partial charge in [-0.25, -0.2) is 0 Å². The average molecular weight is 424 g/mol. The number of methoxy groups -OCH3 is 1. The van der Waals surface area contributed by atoms with Crippen molar-refractivity contribution >= 4 is 17.4 Å². The largest absolute Gasteiger partial charge is 0.507 e. The highest BCUT2D eigenvalue weighted by Crippen LogP contribution is 2.41. The summed E-state index contributed by atoms with van der Waals surface area (Å²) in [4.78, 5) is 27.5. The topological polar surface area (TPSA) is 76.1 Å². The number of ketones is 1. The maximum atomic E-state index is 13.1. The molecule has 2 aromatic rings. The lowest BCUT2D eigenvalue weighted by Crippen LogP contribution is -2.30. The Labute approximate surface area is 183 Å². The zero-order chi connectivity index (χ0) is 22.7. The molecule has 1 saturated heterocycles. The van der Waals surface area contributed by atoms with Gasteiger partial charge < -0.3 is 19.5 Å². The van der Waals surface area contributed by atoms with Crippen LogP contribution in [-0.4, -0.2) is 42.0 Å². The SMILES string of the molecule is CCCN1C(=O)C(=O)/C(=C(/O)c2cc(C)c(OC)cc2C)C1c1cccc(OCC)c1. The molecule has 6 nitrogen and oxygen atoms in total. The smallest absolute Gasteiger partial charge is 0.295 e. The van der Waals surface area contributed by atoms with Gasteiger partial charge in [0.2, 0.25) is 0 Å². The molecule has 0 saturated carbocycles. The van der Waals surface area contributed by atoms with E-state index in [1.165, 1.54) is 4.90 Å². The lowest BCUT2D eigenvalue weighted by Gasteiger charge is -2.25. The quantitative estimate of drug-likeness (QED) is 0.402. The summed E-state index contributed by atoms with van der Waals surface area (Å²) >= 11 is 0. The van der Waals surface area contributed by atoms with E-state index in [9.17, 15) is 14.7 Å². The lowest BCUT2D eigenvalue weighted by molar-refractivity contribution is -0.139. The van der Waals surface area contributed by atoms with Crippen LogP contribution in [0.3, 0.4) is 0 Å². The summed E-state index contributed by atoms with van der Waals surface area (Å²) in [5.41, 5.74) is 2.91. The summed E-state index contributed by atoms with van der Waals surface area (Å²) in [5, 5.41) is 11.3. The Morgan fingerprint density at radius 3 is 2.48 bits per heavy atom. The molecule has 0 bridgehead atoms. The molecule has 1 atom stereocenters. The molecule has 31 heavy (non-hydrogen) atoms. The maximum Gasteiger partial charge on any atom is 0.295 e. The minimum absolute atomic E-state index is 0.0970. The number of carbonyl (C=O) groups is 2. The Morgan fingerprint density at radius 2 is 1.84 bits per heavy atom. The number of benzene rings is 2. The number of amides is 1. The van der Waals surface area contributed by atoms with Gasteiger partial charge in [-0.05, 0) is 68.1 Å². The molecule has 1 amide bonds. The van der Waals surface area contributed by atoms with Gasteiger partial charge in [0.1, 0.15) is 17.3 Å². The third-order valence-electron chi connectivity index (χ3n) is 5.49. The van der Waals surface area contributed by atoms with Crippen LogP contribution in [0.15, 0.2) is 42.0 Å². The van der Waals surface area contributed by atoms with Gasteiger partial charge in [-0.2, -0.15) is 0 Å². The molecule has 3 rings (SSSR count). The van der Waals surface area contributed by atoms with Gasteiger partial charge in [0, 0.05) is 12.1 Å². The van der Waals surface area contributed by atoms with Crippen molar-refractivity contribution in [1.29, 1.82) is 0 Å². The number of Topliss-reactive ketones (excluding diaryl/α,β-unsaturated/α-hetero) is 1. The van der Waals surface area contributed by atoms with Crippen molar-refractivity contribution in [2.45, 2.75) is 40.2 Å². The average Bonchev–Trinajstić information content (AvgIpc) is 3.00. The van der Waals surface area contributed by atoms with Crippen LogP contribution in [0.5, 0.6) is 11.5 Å². The molecule has 6 heteroatoms. The first kappa shape index (κ1) is 22.4. The number of hydrogen-bond acceptors (Lipinski definition) is 5. The second kappa shape index (κ2) is 9.25. The Kier molecular flexibility index (Phi) is 6.68. The van der Waals surface area contributed by atoms with Crippen molar-refractivity contribution in [3.8, 4) is 11.5 Å². The van der Waals surface area contributed by atoms with Crippen LogP contribution >= 0.6 is 0 Å². The van der Waals surface area contributed by atoms with E-state index in [0.29, 0.717) is 36.6 Å². The van der Waals surface area contributed by atoms with Crippen LogP contribution in [0.2, 0.25) is 0 Å². The first-order valence-electron chi connectivity index (χ1n) is 10.5. The summed E-state index contributed by atoms with van der Waals surface area (Å²) < 4.78 is 11.0. The third kappa shape index (κ3) is 4.15. The van der Waals surface area contributed by atoms with Crippen molar-refractivity contribution in [2.24, 2.45) is 0 Å². The summed E-state index contributed by atoms with van der Waals surface area (Å²) in [6.07, 6.45) is 0.690. The molecule has 164 valence electrons. The Bertz CT molecular complexity index is 1040. The fourth-order valence-corrected chi connectivity index (χ4v) is 4.05. The van der Waals surface area contributed by atoms with Gasteiger partial charge in [-0.1, -0.05) is 19.1 Å². The highest BCUT2D eigenvalue weighted by Gasteiger charge is 2.45. The highest BCUT2D eigenvalue weighted by atomic mass is 16.5. The number of carbonyl (C=O) groups excluding carboxylic acids is 2. The molecule has 1 aliphatic rings. The molecule has 2 aromatic carbocycles. The van der Waals surface area contributed by atoms with E-state index in [1.807, 2.05) is 58.0 Å². The van der Waals surface area contributed by atoms with Gasteiger partial charge in [0.15, 0.2) is 0 Å². The standard InChI is InChI=1S/C25H29NO5/c1-6-11-26-22(17-9-8-10-18(14-17)31-7-2)21(24(28)25(26)29)23(27)19-12-16(4)20(30-5)13-15(19)3/h8-10,12-14,22,27H,6-7,11H2,1-5H3/b23-21+. The molecule has 0 aromatic heterocycles. The number of rotatable bonds is 7.